The molecule has 8 nitrogen and oxygen atoms in total. The van der Waals surface area contributed by atoms with E-state index in [0.29, 0.717) is 16.7 Å². The van der Waals surface area contributed by atoms with Gasteiger partial charge < -0.3 is 0 Å². The number of Topliss-reactive ketones (excluding diaryl/α,β-unsaturated/α-hetero) is 3. The lowest BCUT2D eigenvalue weighted by atomic mass is 9.62. The smallest absolute Gasteiger partial charge is 0.269 e. The zero-order chi connectivity index (χ0) is 27.0. The molecular formula is C30H25N3O5. The van der Waals surface area contributed by atoms with Gasteiger partial charge in [-0.15, -0.1) is 0 Å². The lowest BCUT2D eigenvalue weighted by Crippen LogP contribution is -2.45. The van der Waals surface area contributed by atoms with Crippen molar-refractivity contribution >= 4 is 29.3 Å². The third-order valence-electron chi connectivity index (χ3n) is 8.05. The first kappa shape index (κ1) is 23.9. The summed E-state index contributed by atoms with van der Waals surface area (Å²) in [6, 6.07) is 18.3. The molecule has 3 aromatic carbocycles. The van der Waals surface area contributed by atoms with Gasteiger partial charge in [0.25, 0.3) is 5.69 Å². The Morgan fingerprint density at radius 3 is 2.08 bits per heavy atom. The molecule has 0 N–H and O–H groups in total. The average Bonchev–Trinajstić information content (AvgIpc) is 3.34. The van der Waals surface area contributed by atoms with E-state index in [1.165, 1.54) is 12.1 Å². The predicted octanol–water partition coefficient (Wildman–Crippen LogP) is 5.13. The third-order valence-corrected chi connectivity index (χ3v) is 8.05. The van der Waals surface area contributed by atoms with Gasteiger partial charge in [-0.3, -0.25) is 29.5 Å². The summed E-state index contributed by atoms with van der Waals surface area (Å²) < 4.78 is 0. The van der Waals surface area contributed by atoms with Crippen molar-refractivity contribution in [2.75, 3.05) is 0 Å². The van der Waals surface area contributed by atoms with Gasteiger partial charge in [0.2, 0.25) is 0 Å². The minimum Gasteiger partial charge on any atom is -0.297 e. The summed E-state index contributed by atoms with van der Waals surface area (Å²) in [6.07, 6.45) is 1.66. The molecule has 0 saturated carbocycles. The molecule has 0 radical (unpaired) electrons. The first-order valence-corrected chi connectivity index (χ1v) is 12.5. The van der Waals surface area contributed by atoms with Crippen molar-refractivity contribution in [2.24, 2.45) is 15.9 Å². The molecule has 0 amide bonds. The van der Waals surface area contributed by atoms with Gasteiger partial charge in [-0.05, 0) is 16.7 Å². The Hall–Kier alpha value is -4.46. The zero-order valence-electron chi connectivity index (χ0n) is 21.1. The Balaban J connectivity index is 1.69. The van der Waals surface area contributed by atoms with Crippen LogP contribution in [0.3, 0.4) is 0 Å². The lowest BCUT2D eigenvalue weighted by Gasteiger charge is -2.36. The van der Waals surface area contributed by atoms with Crippen LogP contribution in [0.1, 0.15) is 70.1 Å². The molecule has 0 unspecified atom stereocenters. The second-order valence-electron chi connectivity index (χ2n) is 11.1. The summed E-state index contributed by atoms with van der Waals surface area (Å²) in [7, 11) is 0. The van der Waals surface area contributed by atoms with E-state index in [0.717, 1.165) is 11.1 Å². The van der Waals surface area contributed by atoms with Crippen LogP contribution in [0, 0.1) is 20.9 Å². The molecule has 1 saturated heterocycles. The quantitative estimate of drug-likeness (QED) is 0.276. The number of nitro benzene ring substituents is 1. The highest BCUT2D eigenvalue weighted by Gasteiger charge is 2.73. The summed E-state index contributed by atoms with van der Waals surface area (Å²) in [5.74, 6) is -1.80. The van der Waals surface area contributed by atoms with Gasteiger partial charge in [0.05, 0.1) is 17.2 Å². The van der Waals surface area contributed by atoms with Crippen LogP contribution in [0.4, 0.5) is 5.69 Å². The van der Waals surface area contributed by atoms with Crippen molar-refractivity contribution in [3.05, 3.63) is 111 Å². The number of benzene rings is 3. The van der Waals surface area contributed by atoms with Crippen molar-refractivity contribution < 1.29 is 19.3 Å². The van der Waals surface area contributed by atoms with Crippen LogP contribution in [0.15, 0.2) is 77.9 Å². The predicted molar refractivity (Wildman–Crippen MR) is 140 cm³/mol. The van der Waals surface area contributed by atoms with Gasteiger partial charge in [0.15, 0.2) is 17.3 Å². The van der Waals surface area contributed by atoms with Crippen molar-refractivity contribution in [2.45, 2.75) is 38.8 Å². The van der Waals surface area contributed by atoms with Gasteiger partial charge >= 0.3 is 0 Å². The number of hydrazone groups is 1. The molecule has 3 aliphatic rings. The molecule has 0 bridgehead atoms. The Morgan fingerprint density at radius 2 is 1.50 bits per heavy atom. The maximum atomic E-state index is 14.6. The number of hydrogen-bond acceptors (Lipinski definition) is 7. The summed E-state index contributed by atoms with van der Waals surface area (Å²) in [5.41, 5.74) is 0.0515. The minimum absolute atomic E-state index is 0.118. The number of nitrogens with zero attached hydrogens (tertiary/aromatic N) is 3. The molecule has 1 aliphatic carbocycles. The van der Waals surface area contributed by atoms with E-state index < -0.39 is 33.8 Å². The van der Waals surface area contributed by atoms with E-state index in [9.17, 15) is 24.5 Å². The van der Waals surface area contributed by atoms with Gasteiger partial charge in [0, 0.05) is 34.6 Å². The van der Waals surface area contributed by atoms with E-state index in [1.807, 2.05) is 24.3 Å². The van der Waals surface area contributed by atoms with Gasteiger partial charge in [-0.25, -0.2) is 0 Å². The second-order valence-corrected chi connectivity index (χ2v) is 11.1. The van der Waals surface area contributed by atoms with Crippen LogP contribution in [0.5, 0.6) is 0 Å². The van der Waals surface area contributed by atoms with E-state index in [-0.39, 0.29) is 23.0 Å². The molecule has 2 aliphatic heterocycles. The largest absolute Gasteiger partial charge is 0.297 e. The summed E-state index contributed by atoms with van der Waals surface area (Å²) in [6.45, 7) is 5.41. The molecule has 3 atom stereocenters. The van der Waals surface area contributed by atoms with Gasteiger partial charge in [-0.1, -0.05) is 81.4 Å². The SMILES string of the molecule is CC(C)(C)C(=O)[C@H]1[C@H](c2ccc([N+](=O)[O-])cc2)C2(C(=O)c3ccccc3C2=O)[C@@H]2c3ccccc3C=NN21. The Labute approximate surface area is 219 Å². The summed E-state index contributed by atoms with van der Waals surface area (Å²) in [4.78, 5) is 54.2. The van der Waals surface area contributed by atoms with Crippen LogP contribution < -0.4 is 0 Å². The molecule has 0 aromatic heterocycles. The number of carbonyl (C=O) groups excluding carboxylic acids is 3. The number of rotatable bonds is 3. The minimum atomic E-state index is -1.68. The Bertz CT molecular complexity index is 1530. The molecule has 38 heavy (non-hydrogen) atoms. The highest BCUT2D eigenvalue weighted by atomic mass is 16.6. The number of hydrogen-bond donors (Lipinski definition) is 0. The van der Waals surface area contributed by atoms with E-state index >= 15 is 0 Å². The maximum absolute atomic E-state index is 14.6. The van der Waals surface area contributed by atoms with Crippen LogP contribution in [0.25, 0.3) is 0 Å². The Kier molecular flexibility index (Phi) is 5.04. The first-order chi connectivity index (χ1) is 18.1. The van der Waals surface area contributed by atoms with Crippen LogP contribution in [-0.2, 0) is 4.79 Å². The molecular weight excluding hydrogens is 482 g/mol. The number of carbonyl (C=O) groups is 3. The van der Waals surface area contributed by atoms with Crippen molar-refractivity contribution in [1.82, 2.24) is 5.01 Å². The fourth-order valence-corrected chi connectivity index (χ4v) is 6.40. The normalized spacial score (nSPS) is 22.8. The monoisotopic (exact) mass is 507 g/mol. The molecule has 2 heterocycles. The van der Waals surface area contributed by atoms with E-state index in [4.69, 9.17) is 5.10 Å². The van der Waals surface area contributed by atoms with E-state index in [1.54, 1.807) is 68.4 Å². The molecule has 6 rings (SSSR count). The van der Waals surface area contributed by atoms with Gasteiger partial charge in [0.1, 0.15) is 11.5 Å². The number of nitro groups is 1. The summed E-state index contributed by atoms with van der Waals surface area (Å²) in [5, 5.41) is 17.7. The standard InChI is InChI=1S/C30H25N3O5/c1-29(2,3)28(36)24-23(17-12-14-19(15-13-17)33(37)38)30(26(34)21-10-6-7-11-22(21)27(30)35)25-20-9-5-4-8-18(20)16-31-32(24)25/h4-16,23-25H,1-3H3/t23-,24+,25-/m0/s1. The lowest BCUT2D eigenvalue weighted by molar-refractivity contribution is -0.384. The highest BCUT2D eigenvalue weighted by Crippen LogP contribution is 2.65. The topological polar surface area (TPSA) is 110 Å². The van der Waals surface area contributed by atoms with Crippen molar-refractivity contribution in [3.63, 3.8) is 0 Å². The molecule has 8 heteroatoms. The first-order valence-electron chi connectivity index (χ1n) is 12.5. The number of ketones is 3. The van der Waals surface area contributed by atoms with Crippen LogP contribution in [0.2, 0.25) is 0 Å². The van der Waals surface area contributed by atoms with Crippen LogP contribution in [-0.4, -0.2) is 39.5 Å². The van der Waals surface area contributed by atoms with Crippen molar-refractivity contribution in [3.8, 4) is 0 Å². The number of fused-ring (bicyclic) bond motifs is 5. The van der Waals surface area contributed by atoms with Crippen molar-refractivity contribution in [1.29, 1.82) is 0 Å². The molecule has 1 spiro atoms. The zero-order valence-corrected chi connectivity index (χ0v) is 21.1. The molecule has 3 aromatic rings. The number of non-ortho nitro benzene ring substituents is 1. The molecule has 1 fully saturated rings. The second kappa shape index (κ2) is 8.02. The highest BCUT2D eigenvalue weighted by molar-refractivity contribution is 6.31. The van der Waals surface area contributed by atoms with Gasteiger partial charge in [-0.2, -0.15) is 5.10 Å². The maximum Gasteiger partial charge on any atom is 0.269 e. The third kappa shape index (κ3) is 3.03. The average molecular weight is 508 g/mol. The fourth-order valence-electron chi connectivity index (χ4n) is 6.40. The fraction of sp³-hybridized carbons (Fsp3) is 0.267. The van der Waals surface area contributed by atoms with Crippen LogP contribution >= 0.6 is 0 Å². The summed E-state index contributed by atoms with van der Waals surface area (Å²) >= 11 is 0. The Morgan fingerprint density at radius 1 is 0.921 bits per heavy atom. The molecule has 190 valence electrons. The van der Waals surface area contributed by atoms with E-state index in [2.05, 4.69) is 0 Å².